The summed E-state index contributed by atoms with van der Waals surface area (Å²) in [5.41, 5.74) is 2.76. The van der Waals surface area contributed by atoms with Crippen LogP contribution in [0.4, 0.5) is 0 Å². The Balaban J connectivity index is 2.12. The summed E-state index contributed by atoms with van der Waals surface area (Å²) in [6.45, 7) is 0. The molecule has 0 amide bonds. The van der Waals surface area contributed by atoms with Gasteiger partial charge in [0.05, 0.1) is 5.56 Å². The number of para-hydroxylation sites is 1. The second kappa shape index (κ2) is 5.63. The van der Waals surface area contributed by atoms with Crippen LogP contribution in [0.25, 0.3) is 11.1 Å². The third-order valence-electron chi connectivity index (χ3n) is 3.41. The van der Waals surface area contributed by atoms with E-state index in [1.165, 1.54) is 6.07 Å². The number of ketones is 1. The van der Waals surface area contributed by atoms with Crippen molar-refractivity contribution >= 4 is 5.78 Å². The van der Waals surface area contributed by atoms with Gasteiger partial charge in [-0.3, -0.25) is 4.79 Å². The van der Waals surface area contributed by atoms with Crippen molar-refractivity contribution in [1.29, 1.82) is 0 Å². The maximum absolute atomic E-state index is 12.7. The van der Waals surface area contributed by atoms with Crippen molar-refractivity contribution in [1.82, 2.24) is 0 Å². The fourth-order valence-electron chi connectivity index (χ4n) is 2.36. The second-order valence-electron chi connectivity index (χ2n) is 4.76. The van der Waals surface area contributed by atoms with Crippen LogP contribution in [0.15, 0.2) is 78.9 Å². The van der Waals surface area contributed by atoms with Gasteiger partial charge in [0, 0.05) is 5.56 Å². The van der Waals surface area contributed by atoms with Crippen LogP contribution in [0.1, 0.15) is 15.9 Å². The molecular formula is C19H14O2. The third kappa shape index (κ3) is 2.56. The van der Waals surface area contributed by atoms with Crippen LogP contribution in [0.3, 0.4) is 0 Å². The summed E-state index contributed by atoms with van der Waals surface area (Å²) in [5, 5.41) is 9.88. The first-order chi connectivity index (χ1) is 10.3. The van der Waals surface area contributed by atoms with Crippen molar-refractivity contribution in [3.8, 4) is 16.9 Å². The molecule has 0 aliphatic carbocycles. The molecule has 0 aliphatic heterocycles. The first-order valence-electron chi connectivity index (χ1n) is 6.74. The molecule has 0 saturated carbocycles. The van der Waals surface area contributed by atoms with Crippen molar-refractivity contribution in [3.63, 3.8) is 0 Å². The summed E-state index contributed by atoms with van der Waals surface area (Å²) in [4.78, 5) is 12.7. The quantitative estimate of drug-likeness (QED) is 0.723. The largest absolute Gasteiger partial charge is 0.507 e. The van der Waals surface area contributed by atoms with Crippen LogP contribution in [-0.4, -0.2) is 10.9 Å². The average molecular weight is 274 g/mol. The molecule has 21 heavy (non-hydrogen) atoms. The maximum atomic E-state index is 12.7. The number of benzene rings is 3. The zero-order chi connectivity index (χ0) is 14.7. The minimum absolute atomic E-state index is 0.00497. The second-order valence-corrected chi connectivity index (χ2v) is 4.76. The van der Waals surface area contributed by atoms with E-state index in [-0.39, 0.29) is 11.5 Å². The van der Waals surface area contributed by atoms with Crippen molar-refractivity contribution in [2.45, 2.75) is 0 Å². The van der Waals surface area contributed by atoms with Crippen molar-refractivity contribution in [2.75, 3.05) is 0 Å². The first kappa shape index (κ1) is 13.1. The highest BCUT2D eigenvalue weighted by atomic mass is 16.3. The molecule has 0 heterocycles. The summed E-state index contributed by atoms with van der Waals surface area (Å²) in [5.74, 6) is -0.169. The number of phenols is 1. The van der Waals surface area contributed by atoms with E-state index in [1.54, 1.807) is 24.3 Å². The van der Waals surface area contributed by atoms with E-state index in [9.17, 15) is 9.90 Å². The van der Waals surface area contributed by atoms with Gasteiger partial charge < -0.3 is 5.11 Å². The SMILES string of the molecule is O=C(c1ccccc1O)c1ccccc1-c1ccccc1. The van der Waals surface area contributed by atoms with E-state index in [0.717, 1.165) is 11.1 Å². The molecule has 0 atom stereocenters. The number of carbonyl (C=O) groups excluding carboxylic acids is 1. The van der Waals surface area contributed by atoms with E-state index in [1.807, 2.05) is 48.5 Å². The number of hydrogen-bond acceptors (Lipinski definition) is 2. The highest BCUT2D eigenvalue weighted by Crippen LogP contribution is 2.27. The van der Waals surface area contributed by atoms with Crippen LogP contribution in [0, 0.1) is 0 Å². The summed E-state index contributed by atoms with van der Waals surface area (Å²) in [7, 11) is 0. The number of rotatable bonds is 3. The Bertz CT molecular complexity index is 776. The Hall–Kier alpha value is -2.87. The Morgan fingerprint density at radius 3 is 1.95 bits per heavy atom. The van der Waals surface area contributed by atoms with Gasteiger partial charge in [-0.15, -0.1) is 0 Å². The van der Waals surface area contributed by atoms with Gasteiger partial charge in [-0.25, -0.2) is 0 Å². The van der Waals surface area contributed by atoms with Gasteiger partial charge in [0.1, 0.15) is 5.75 Å². The molecule has 0 spiro atoms. The minimum Gasteiger partial charge on any atom is -0.507 e. The Kier molecular flexibility index (Phi) is 3.52. The summed E-state index contributed by atoms with van der Waals surface area (Å²) >= 11 is 0. The highest BCUT2D eigenvalue weighted by Gasteiger charge is 2.16. The molecule has 3 aromatic rings. The molecular weight excluding hydrogens is 260 g/mol. The Morgan fingerprint density at radius 2 is 1.24 bits per heavy atom. The summed E-state index contributed by atoms with van der Waals surface area (Å²) in [6.07, 6.45) is 0. The zero-order valence-electron chi connectivity index (χ0n) is 11.4. The Morgan fingerprint density at radius 1 is 0.667 bits per heavy atom. The molecule has 2 heteroatoms. The molecule has 2 nitrogen and oxygen atoms in total. The lowest BCUT2D eigenvalue weighted by molar-refractivity contribution is 0.103. The van der Waals surface area contributed by atoms with Gasteiger partial charge in [-0.05, 0) is 23.3 Å². The van der Waals surface area contributed by atoms with Crippen LogP contribution in [0.2, 0.25) is 0 Å². The molecule has 0 aromatic heterocycles. The van der Waals surface area contributed by atoms with Crippen LogP contribution in [-0.2, 0) is 0 Å². The molecule has 1 N–H and O–H groups in total. The lowest BCUT2D eigenvalue weighted by atomic mass is 9.94. The maximum Gasteiger partial charge on any atom is 0.197 e. The fourth-order valence-corrected chi connectivity index (χ4v) is 2.36. The van der Waals surface area contributed by atoms with E-state index < -0.39 is 0 Å². The number of carbonyl (C=O) groups is 1. The lowest BCUT2D eigenvalue weighted by Gasteiger charge is -2.09. The fraction of sp³-hybridized carbons (Fsp3) is 0. The van der Waals surface area contributed by atoms with E-state index in [0.29, 0.717) is 11.1 Å². The van der Waals surface area contributed by atoms with Crippen molar-refractivity contribution < 1.29 is 9.90 Å². The lowest BCUT2D eigenvalue weighted by Crippen LogP contribution is -2.03. The van der Waals surface area contributed by atoms with Gasteiger partial charge >= 0.3 is 0 Å². The predicted molar refractivity (Wildman–Crippen MR) is 83.4 cm³/mol. The predicted octanol–water partition coefficient (Wildman–Crippen LogP) is 4.29. The smallest absolute Gasteiger partial charge is 0.197 e. The standard InChI is InChI=1S/C19H14O2/c20-18-13-7-6-12-17(18)19(21)16-11-5-4-10-15(16)14-8-2-1-3-9-14/h1-13,20H. The molecule has 0 unspecified atom stereocenters. The third-order valence-corrected chi connectivity index (χ3v) is 3.41. The van der Waals surface area contributed by atoms with E-state index >= 15 is 0 Å². The average Bonchev–Trinajstić information content (AvgIpc) is 2.55. The molecule has 0 fully saturated rings. The Labute approximate surface area is 123 Å². The minimum atomic E-state index is -0.174. The number of hydrogen-bond donors (Lipinski definition) is 1. The summed E-state index contributed by atoms with van der Waals surface area (Å²) in [6, 6.07) is 23.8. The molecule has 102 valence electrons. The van der Waals surface area contributed by atoms with Gasteiger partial charge in [-0.2, -0.15) is 0 Å². The topological polar surface area (TPSA) is 37.3 Å². The summed E-state index contributed by atoms with van der Waals surface area (Å²) < 4.78 is 0. The highest BCUT2D eigenvalue weighted by molar-refractivity contribution is 6.14. The number of aromatic hydroxyl groups is 1. The van der Waals surface area contributed by atoms with Crippen molar-refractivity contribution in [3.05, 3.63) is 90.0 Å². The molecule has 0 radical (unpaired) electrons. The monoisotopic (exact) mass is 274 g/mol. The van der Waals surface area contributed by atoms with Gasteiger partial charge in [0.2, 0.25) is 0 Å². The van der Waals surface area contributed by atoms with E-state index in [4.69, 9.17) is 0 Å². The van der Waals surface area contributed by atoms with Crippen LogP contribution < -0.4 is 0 Å². The molecule has 3 aromatic carbocycles. The molecule has 0 bridgehead atoms. The first-order valence-corrected chi connectivity index (χ1v) is 6.74. The molecule has 3 rings (SSSR count). The normalized spacial score (nSPS) is 10.3. The molecule has 0 aliphatic rings. The van der Waals surface area contributed by atoms with Gasteiger partial charge in [0.25, 0.3) is 0 Å². The van der Waals surface area contributed by atoms with Crippen LogP contribution in [0.5, 0.6) is 5.75 Å². The van der Waals surface area contributed by atoms with Crippen LogP contribution >= 0.6 is 0 Å². The number of phenolic OH excluding ortho intramolecular Hbond substituents is 1. The zero-order valence-corrected chi connectivity index (χ0v) is 11.4. The van der Waals surface area contributed by atoms with Gasteiger partial charge in [-0.1, -0.05) is 66.7 Å². The molecule has 0 saturated heterocycles. The van der Waals surface area contributed by atoms with Crippen molar-refractivity contribution in [2.24, 2.45) is 0 Å². The van der Waals surface area contributed by atoms with E-state index in [2.05, 4.69) is 0 Å². The van der Waals surface area contributed by atoms with Gasteiger partial charge in [0.15, 0.2) is 5.78 Å².